The van der Waals surface area contributed by atoms with Crippen LogP contribution in [-0.4, -0.2) is 53.1 Å². The zero-order chi connectivity index (χ0) is 32.0. The first-order chi connectivity index (χ1) is 21.0. The van der Waals surface area contributed by atoms with Gasteiger partial charge in [0.2, 0.25) is 10.1 Å². The van der Waals surface area contributed by atoms with Crippen molar-refractivity contribution in [1.29, 1.82) is 0 Å². The first-order valence-electron chi connectivity index (χ1n) is 12.6. The van der Waals surface area contributed by atoms with Crippen LogP contribution in [0.5, 0.6) is 0 Å². The fourth-order valence-corrected chi connectivity index (χ4v) is 6.60. The normalized spacial score (nSPS) is 12.3. The Labute approximate surface area is 264 Å². The second-order valence-corrected chi connectivity index (χ2v) is 13.7. The molecule has 234 valence electrons. The topological polar surface area (TPSA) is 164 Å². The molecule has 44 heavy (non-hydrogen) atoms. The number of benzene rings is 3. The van der Waals surface area contributed by atoms with Crippen LogP contribution in [0.25, 0.3) is 0 Å². The van der Waals surface area contributed by atoms with Gasteiger partial charge in [-0.2, -0.15) is 16.8 Å². The van der Waals surface area contributed by atoms with Crippen molar-refractivity contribution < 1.29 is 44.5 Å². The summed E-state index contributed by atoms with van der Waals surface area (Å²) in [6.07, 6.45) is 0. The predicted octanol–water partition coefficient (Wildman–Crippen LogP) is 4.22. The van der Waals surface area contributed by atoms with E-state index in [4.69, 9.17) is 18.0 Å². The molecule has 3 aromatic rings. The van der Waals surface area contributed by atoms with Gasteiger partial charge in [-0.05, 0) is 22.3 Å². The molecule has 0 saturated carbocycles. The highest BCUT2D eigenvalue weighted by Crippen LogP contribution is 2.21. The van der Waals surface area contributed by atoms with E-state index in [-0.39, 0.29) is 21.6 Å². The van der Waals surface area contributed by atoms with Gasteiger partial charge in [-0.25, -0.2) is 9.59 Å². The Morgan fingerprint density at radius 2 is 0.909 bits per heavy atom. The summed E-state index contributed by atoms with van der Waals surface area (Å²) < 4.78 is 68.0. The molecule has 16 heteroatoms. The minimum Gasteiger partial charge on any atom is -0.464 e. The van der Waals surface area contributed by atoms with Crippen LogP contribution in [0, 0.1) is 0 Å². The third-order valence-corrected chi connectivity index (χ3v) is 9.30. The lowest BCUT2D eigenvalue weighted by Crippen LogP contribution is -2.15. The summed E-state index contributed by atoms with van der Waals surface area (Å²) in [6.45, 7) is 0. The van der Waals surface area contributed by atoms with E-state index in [9.17, 15) is 26.4 Å². The van der Waals surface area contributed by atoms with Gasteiger partial charge in [-0.15, -0.1) is 0 Å². The van der Waals surface area contributed by atoms with Crippen molar-refractivity contribution in [3.05, 3.63) is 107 Å². The lowest BCUT2D eigenvalue weighted by molar-refractivity contribution is -0.133. The molecule has 0 aliphatic rings. The van der Waals surface area contributed by atoms with E-state index in [0.717, 1.165) is 48.9 Å². The second-order valence-electron chi connectivity index (χ2n) is 8.69. The Morgan fingerprint density at radius 3 is 1.23 bits per heavy atom. The number of methoxy groups -OCH3 is 2. The van der Waals surface area contributed by atoms with Gasteiger partial charge in [0.25, 0.3) is 0 Å². The highest BCUT2D eigenvalue weighted by atomic mass is 32.2. The number of carbonyl (C=O) groups is 2. The van der Waals surface area contributed by atoms with E-state index in [1.165, 1.54) is 0 Å². The summed E-state index contributed by atoms with van der Waals surface area (Å²) >= 11 is 1.84. The number of hydrogen-bond donors (Lipinski definition) is 0. The predicted molar refractivity (Wildman–Crippen MR) is 168 cm³/mol. The Morgan fingerprint density at radius 1 is 0.568 bits per heavy atom. The summed E-state index contributed by atoms with van der Waals surface area (Å²) in [7, 11) is -5.93. The monoisotopic (exact) mass is 680 g/mol. The van der Waals surface area contributed by atoms with E-state index >= 15 is 0 Å². The number of nitrogens with zero attached hydrogens (tertiary/aromatic N) is 2. The first kappa shape index (κ1) is 34.6. The highest BCUT2D eigenvalue weighted by Gasteiger charge is 2.20. The van der Waals surface area contributed by atoms with E-state index in [1.807, 2.05) is 0 Å². The van der Waals surface area contributed by atoms with Crippen LogP contribution in [0.15, 0.2) is 95.2 Å². The standard InChI is InChI=1S/C28H28N2O10S4/c1-37-27(31)25(29-39-43(33,34)19-23-9-5-3-6-10-23)41-17-21-13-15-22(16-14-21)18-42-26(28(32)38-2)30-40-44(35,36)20-24-11-7-4-8-12-24/h3-16H,17-20H2,1-2H3/b29-25-,30-26-. The number of hydrogen-bond acceptors (Lipinski definition) is 14. The van der Waals surface area contributed by atoms with Crippen LogP contribution in [0.1, 0.15) is 22.3 Å². The van der Waals surface area contributed by atoms with E-state index in [1.54, 1.807) is 84.9 Å². The Bertz CT molecular complexity index is 1550. The third-order valence-electron chi connectivity index (χ3n) is 5.33. The van der Waals surface area contributed by atoms with Crippen LogP contribution in [0.4, 0.5) is 0 Å². The lowest BCUT2D eigenvalue weighted by atomic mass is 10.2. The summed E-state index contributed by atoms with van der Waals surface area (Å²) in [4.78, 5) is 24.3. The molecular formula is C28H28N2O10S4. The van der Waals surface area contributed by atoms with Crippen LogP contribution in [0.3, 0.4) is 0 Å². The smallest absolute Gasteiger partial charge is 0.366 e. The zero-order valence-electron chi connectivity index (χ0n) is 23.5. The first-order valence-corrected chi connectivity index (χ1v) is 17.7. The number of rotatable bonds is 12. The molecule has 0 aliphatic heterocycles. The van der Waals surface area contributed by atoms with Crippen molar-refractivity contribution in [2.45, 2.75) is 23.0 Å². The SMILES string of the molecule is COC(=O)/C(=N/OS(=O)(=O)Cc1ccccc1)SCc1ccc(CS/C(=N\OS(=O)(=O)Cc2ccccc2)C(=O)OC)cc1. The number of oxime groups is 2. The summed E-state index contributed by atoms with van der Waals surface area (Å²) in [5.74, 6) is -2.11. The van der Waals surface area contributed by atoms with Gasteiger partial charge in [0.15, 0.2) is 0 Å². The number of thioether (sulfide) groups is 2. The van der Waals surface area contributed by atoms with Gasteiger partial charge >= 0.3 is 32.2 Å². The summed E-state index contributed by atoms with van der Waals surface area (Å²) in [6, 6.07) is 23.7. The van der Waals surface area contributed by atoms with Gasteiger partial charge in [0.1, 0.15) is 11.5 Å². The fraction of sp³-hybridized carbons (Fsp3) is 0.214. The van der Waals surface area contributed by atoms with Crippen molar-refractivity contribution in [2.24, 2.45) is 10.3 Å². The van der Waals surface area contributed by atoms with Crippen LogP contribution < -0.4 is 0 Å². The molecule has 0 atom stereocenters. The lowest BCUT2D eigenvalue weighted by Gasteiger charge is -2.07. The Hall–Kier alpha value is -3.86. The van der Waals surface area contributed by atoms with Gasteiger partial charge in [0.05, 0.1) is 14.2 Å². The van der Waals surface area contributed by atoms with Crippen LogP contribution in [-0.2, 0) is 70.9 Å². The molecule has 0 heterocycles. The largest absolute Gasteiger partial charge is 0.464 e. The quantitative estimate of drug-likeness (QED) is 0.116. The molecular weight excluding hydrogens is 653 g/mol. The molecule has 0 aromatic heterocycles. The van der Waals surface area contributed by atoms with Gasteiger partial charge in [-0.1, -0.05) is 119 Å². The van der Waals surface area contributed by atoms with Crippen molar-refractivity contribution in [1.82, 2.24) is 0 Å². The average molecular weight is 681 g/mol. The Kier molecular flexibility index (Phi) is 13.3. The summed E-state index contributed by atoms with van der Waals surface area (Å²) in [5, 5.41) is 6.48. The van der Waals surface area contributed by atoms with E-state index in [2.05, 4.69) is 10.3 Å². The fourth-order valence-electron chi connectivity index (χ4n) is 3.25. The number of ether oxygens (including phenoxy) is 2. The zero-order valence-corrected chi connectivity index (χ0v) is 26.8. The highest BCUT2D eigenvalue weighted by molar-refractivity contribution is 8.15. The summed E-state index contributed by atoms with van der Waals surface area (Å²) in [5.41, 5.74) is 2.51. The molecule has 0 radical (unpaired) electrons. The van der Waals surface area contributed by atoms with Crippen molar-refractivity contribution in [3.63, 3.8) is 0 Å². The maximum atomic E-state index is 12.3. The molecule has 0 N–H and O–H groups in total. The molecule has 0 aliphatic carbocycles. The molecule has 0 spiro atoms. The van der Waals surface area contributed by atoms with Crippen molar-refractivity contribution >= 4 is 65.8 Å². The van der Waals surface area contributed by atoms with Crippen molar-refractivity contribution in [2.75, 3.05) is 14.2 Å². The molecule has 0 saturated heterocycles. The minimum atomic E-state index is -4.10. The number of carbonyl (C=O) groups excluding carboxylic acids is 2. The molecule has 0 unspecified atom stereocenters. The van der Waals surface area contributed by atoms with Crippen LogP contribution >= 0.6 is 23.5 Å². The molecule has 3 aromatic carbocycles. The van der Waals surface area contributed by atoms with Gasteiger partial charge in [-0.3, -0.25) is 8.57 Å². The maximum absolute atomic E-state index is 12.3. The van der Waals surface area contributed by atoms with E-state index < -0.39 is 43.7 Å². The molecule has 0 amide bonds. The second kappa shape index (κ2) is 16.8. The van der Waals surface area contributed by atoms with E-state index in [0.29, 0.717) is 11.1 Å². The van der Waals surface area contributed by atoms with Crippen LogP contribution in [0.2, 0.25) is 0 Å². The molecule has 3 rings (SSSR count). The number of esters is 2. The minimum absolute atomic E-state index is 0.228. The van der Waals surface area contributed by atoms with Gasteiger partial charge in [0, 0.05) is 11.5 Å². The van der Waals surface area contributed by atoms with Gasteiger partial charge < -0.3 is 9.47 Å². The third kappa shape index (κ3) is 12.0. The Balaban J connectivity index is 1.59. The maximum Gasteiger partial charge on any atom is 0.366 e. The molecule has 0 bridgehead atoms. The molecule has 0 fully saturated rings. The van der Waals surface area contributed by atoms with Crippen molar-refractivity contribution in [3.8, 4) is 0 Å². The average Bonchev–Trinajstić information content (AvgIpc) is 3.01. The molecule has 12 nitrogen and oxygen atoms in total.